The van der Waals surface area contributed by atoms with Crippen LogP contribution in [0.25, 0.3) is 0 Å². The second-order valence-electron chi connectivity index (χ2n) is 3.55. The van der Waals surface area contributed by atoms with E-state index < -0.39 is 0 Å². The van der Waals surface area contributed by atoms with Crippen molar-refractivity contribution in [1.29, 1.82) is 0 Å². The molecule has 19 heavy (non-hydrogen) atoms. The molecule has 0 N–H and O–H groups in total. The third-order valence-corrected chi connectivity index (χ3v) is 2.41. The van der Waals surface area contributed by atoms with Gasteiger partial charge >= 0.3 is 0 Å². The van der Waals surface area contributed by atoms with Gasteiger partial charge in [0.1, 0.15) is 12.4 Å². The van der Waals surface area contributed by atoms with Crippen molar-refractivity contribution >= 4 is 23.2 Å². The van der Waals surface area contributed by atoms with Gasteiger partial charge in [0.2, 0.25) is 5.88 Å². The zero-order valence-corrected chi connectivity index (χ0v) is 11.1. The fourth-order valence-electron chi connectivity index (χ4n) is 1.37. The van der Waals surface area contributed by atoms with Crippen molar-refractivity contribution < 1.29 is 9.47 Å². The summed E-state index contributed by atoms with van der Waals surface area (Å²) in [5.74, 6) is 1.65. The molecular weight excluding hydrogens is 262 g/mol. The van der Waals surface area contributed by atoms with Gasteiger partial charge in [-0.2, -0.15) is 4.99 Å². The molecule has 0 aliphatic carbocycles. The minimum Gasteiger partial charge on any atom is -0.497 e. The molecule has 0 amide bonds. The Morgan fingerprint density at radius 3 is 2.58 bits per heavy atom. The largest absolute Gasteiger partial charge is 0.497 e. The van der Waals surface area contributed by atoms with Crippen molar-refractivity contribution in [2.45, 2.75) is 6.61 Å². The molecular formula is C13H11N3O2S. The smallest absolute Gasteiger partial charge is 0.232 e. The van der Waals surface area contributed by atoms with E-state index in [1.165, 1.54) is 12.4 Å². The highest BCUT2D eigenvalue weighted by molar-refractivity contribution is 7.78. The van der Waals surface area contributed by atoms with Crippen LogP contribution in [0.1, 0.15) is 5.56 Å². The number of isothiocyanates is 1. The third-order valence-electron chi connectivity index (χ3n) is 2.32. The van der Waals surface area contributed by atoms with Gasteiger partial charge in [0.15, 0.2) is 5.82 Å². The molecule has 2 aromatic rings. The first-order valence-electron chi connectivity index (χ1n) is 5.47. The number of thiocarbonyl (C=S) groups is 1. The SMILES string of the molecule is COc1ccc(COc2cnc(N=C=S)cn2)cc1. The molecule has 1 aromatic carbocycles. The average molecular weight is 273 g/mol. The number of aromatic nitrogens is 2. The average Bonchev–Trinajstić information content (AvgIpc) is 2.47. The van der Waals surface area contributed by atoms with Gasteiger partial charge in [-0.05, 0) is 29.9 Å². The van der Waals surface area contributed by atoms with Gasteiger partial charge in [-0.25, -0.2) is 9.97 Å². The number of methoxy groups -OCH3 is 1. The van der Waals surface area contributed by atoms with Crippen molar-refractivity contribution in [1.82, 2.24) is 9.97 Å². The minimum absolute atomic E-state index is 0.409. The summed E-state index contributed by atoms with van der Waals surface area (Å²) in [4.78, 5) is 11.8. The molecule has 0 aliphatic rings. The lowest BCUT2D eigenvalue weighted by Crippen LogP contribution is -1.97. The molecule has 0 unspecified atom stereocenters. The van der Waals surface area contributed by atoms with Gasteiger partial charge in [-0.3, -0.25) is 0 Å². The Labute approximate surface area is 116 Å². The Morgan fingerprint density at radius 2 is 2.00 bits per heavy atom. The summed E-state index contributed by atoms with van der Waals surface area (Å²) >= 11 is 4.48. The number of rotatable bonds is 5. The van der Waals surface area contributed by atoms with Gasteiger partial charge in [0.05, 0.1) is 24.7 Å². The van der Waals surface area contributed by atoms with Gasteiger partial charge in [0, 0.05) is 0 Å². The predicted molar refractivity (Wildman–Crippen MR) is 74.0 cm³/mol. The van der Waals surface area contributed by atoms with E-state index in [-0.39, 0.29) is 0 Å². The van der Waals surface area contributed by atoms with E-state index in [1.807, 2.05) is 24.3 Å². The first-order valence-corrected chi connectivity index (χ1v) is 5.88. The van der Waals surface area contributed by atoms with Crippen LogP contribution in [0.3, 0.4) is 0 Å². The first-order chi connectivity index (χ1) is 9.31. The first kappa shape index (κ1) is 13.1. The molecule has 0 spiro atoms. The molecule has 2 rings (SSSR count). The van der Waals surface area contributed by atoms with Crippen LogP contribution in [0.5, 0.6) is 11.6 Å². The number of ether oxygens (including phenoxy) is 2. The normalized spacial score (nSPS) is 9.53. The minimum atomic E-state index is 0.409. The third kappa shape index (κ3) is 3.84. The molecule has 0 aliphatic heterocycles. The Morgan fingerprint density at radius 1 is 1.21 bits per heavy atom. The molecule has 1 heterocycles. The molecule has 1 aromatic heterocycles. The fourth-order valence-corrected chi connectivity index (χ4v) is 1.46. The predicted octanol–water partition coefficient (Wildman–Crippen LogP) is 2.80. The fraction of sp³-hybridized carbons (Fsp3) is 0.154. The lowest BCUT2D eigenvalue weighted by Gasteiger charge is -2.05. The lowest BCUT2D eigenvalue weighted by molar-refractivity contribution is 0.292. The molecule has 96 valence electrons. The van der Waals surface area contributed by atoms with E-state index in [0.717, 1.165) is 11.3 Å². The summed E-state index contributed by atoms with van der Waals surface area (Å²) in [6.07, 6.45) is 2.97. The monoisotopic (exact) mass is 273 g/mol. The van der Waals surface area contributed by atoms with Gasteiger partial charge in [-0.1, -0.05) is 12.1 Å². The van der Waals surface area contributed by atoms with Crippen LogP contribution in [-0.4, -0.2) is 22.2 Å². The maximum atomic E-state index is 5.50. The summed E-state index contributed by atoms with van der Waals surface area (Å²) in [7, 11) is 1.63. The summed E-state index contributed by atoms with van der Waals surface area (Å²) in [6.45, 7) is 0.411. The summed E-state index contributed by atoms with van der Waals surface area (Å²) in [5, 5.41) is 2.23. The van der Waals surface area contributed by atoms with E-state index >= 15 is 0 Å². The molecule has 0 radical (unpaired) electrons. The molecule has 0 fully saturated rings. The van der Waals surface area contributed by atoms with Crippen molar-refractivity contribution in [3.8, 4) is 11.6 Å². The van der Waals surface area contributed by atoms with Gasteiger partial charge < -0.3 is 9.47 Å². The highest BCUT2D eigenvalue weighted by Crippen LogP contribution is 2.14. The Balaban J connectivity index is 1.95. The number of nitrogens with zero attached hydrogens (tertiary/aromatic N) is 3. The van der Waals surface area contributed by atoms with Crippen LogP contribution < -0.4 is 9.47 Å². The van der Waals surface area contributed by atoms with Crippen molar-refractivity contribution in [3.05, 3.63) is 42.2 Å². The number of aliphatic imine (C=N–C) groups is 1. The summed E-state index contributed by atoms with van der Waals surface area (Å²) in [6, 6.07) is 7.61. The standard InChI is InChI=1S/C13H11N3O2S/c1-17-11-4-2-10(3-5-11)8-18-13-7-14-12(6-15-13)16-9-19/h2-7H,8H2,1H3. The summed E-state index contributed by atoms with van der Waals surface area (Å²) < 4.78 is 10.6. The van der Waals surface area contributed by atoms with Crippen LogP contribution in [0, 0.1) is 0 Å². The molecule has 6 heteroatoms. The van der Waals surface area contributed by atoms with Crippen LogP contribution in [0.15, 0.2) is 41.7 Å². The van der Waals surface area contributed by atoms with E-state index in [4.69, 9.17) is 9.47 Å². The topological polar surface area (TPSA) is 56.6 Å². The molecule has 0 saturated carbocycles. The molecule has 0 atom stereocenters. The zero-order chi connectivity index (χ0) is 13.5. The molecule has 0 bridgehead atoms. The van der Waals surface area contributed by atoms with Crippen LogP contribution in [-0.2, 0) is 6.61 Å². The highest BCUT2D eigenvalue weighted by Gasteiger charge is 1.99. The maximum absolute atomic E-state index is 5.50. The number of benzene rings is 1. The molecule has 0 saturated heterocycles. The highest BCUT2D eigenvalue weighted by atomic mass is 32.1. The Kier molecular flexibility index (Phi) is 4.55. The van der Waals surface area contributed by atoms with Gasteiger partial charge in [0.25, 0.3) is 0 Å². The number of hydrogen-bond acceptors (Lipinski definition) is 6. The number of hydrogen-bond donors (Lipinski definition) is 0. The van der Waals surface area contributed by atoms with Crippen LogP contribution >= 0.6 is 12.2 Å². The van der Waals surface area contributed by atoms with Crippen molar-refractivity contribution in [2.24, 2.45) is 4.99 Å². The van der Waals surface area contributed by atoms with E-state index in [1.54, 1.807) is 7.11 Å². The second-order valence-corrected chi connectivity index (χ2v) is 3.74. The Bertz CT molecular complexity index is 578. The lowest BCUT2D eigenvalue weighted by atomic mass is 10.2. The van der Waals surface area contributed by atoms with Crippen LogP contribution in [0.4, 0.5) is 5.82 Å². The van der Waals surface area contributed by atoms with E-state index in [2.05, 4.69) is 32.3 Å². The maximum Gasteiger partial charge on any atom is 0.232 e. The second kappa shape index (κ2) is 6.58. The zero-order valence-electron chi connectivity index (χ0n) is 10.2. The summed E-state index contributed by atoms with van der Waals surface area (Å²) in [5.41, 5.74) is 1.02. The van der Waals surface area contributed by atoms with E-state index in [9.17, 15) is 0 Å². The van der Waals surface area contributed by atoms with Crippen molar-refractivity contribution in [3.63, 3.8) is 0 Å². The molecule has 5 nitrogen and oxygen atoms in total. The van der Waals surface area contributed by atoms with Gasteiger partial charge in [-0.15, -0.1) is 0 Å². The van der Waals surface area contributed by atoms with Crippen molar-refractivity contribution in [2.75, 3.05) is 7.11 Å². The Hall–Kier alpha value is -2.30. The van der Waals surface area contributed by atoms with Crippen LogP contribution in [0.2, 0.25) is 0 Å². The van der Waals surface area contributed by atoms with E-state index in [0.29, 0.717) is 18.3 Å². The quantitative estimate of drug-likeness (QED) is 0.619.